The Hall–Kier alpha value is -4.17. The van der Waals surface area contributed by atoms with E-state index in [1.165, 1.54) is 0 Å². The molecule has 0 aliphatic rings. The van der Waals surface area contributed by atoms with Crippen LogP contribution in [-0.2, 0) is 17.1 Å². The van der Waals surface area contributed by atoms with Crippen LogP contribution in [0.3, 0.4) is 0 Å². The molecule has 0 aromatic heterocycles. The standard InChI is InChI=1S/C35H33F6N2O2P/c1-33(2,3)29(22-46(27-15-9-5-10-16-27)28-17-11-6-12-18-28)42-32(45)30(23-13-7-4-8-14-23)43-31(44)24-19-25(34(36,37)38)21-26(20-24)35(39,40)41/h4-21,29-30H,22H2,1-3H3,(H,42,45)(H,43,44)/t29-,30+/m1/s1. The van der Waals surface area contributed by atoms with E-state index < -0.39 is 66.3 Å². The van der Waals surface area contributed by atoms with Gasteiger partial charge in [0, 0.05) is 11.6 Å². The van der Waals surface area contributed by atoms with Crippen molar-refractivity contribution in [1.82, 2.24) is 10.6 Å². The van der Waals surface area contributed by atoms with Gasteiger partial charge in [-0.1, -0.05) is 112 Å². The summed E-state index contributed by atoms with van der Waals surface area (Å²) in [7, 11) is -0.956. The Morgan fingerprint density at radius 3 is 1.50 bits per heavy atom. The van der Waals surface area contributed by atoms with Gasteiger partial charge in [0.25, 0.3) is 5.91 Å². The van der Waals surface area contributed by atoms with Gasteiger partial charge >= 0.3 is 12.4 Å². The second-order valence-corrected chi connectivity index (χ2v) is 14.1. The molecule has 4 aromatic carbocycles. The summed E-state index contributed by atoms with van der Waals surface area (Å²) in [5.74, 6) is -1.91. The zero-order chi connectivity index (χ0) is 33.7. The molecule has 0 aliphatic carbocycles. The first-order valence-corrected chi connectivity index (χ1v) is 15.9. The van der Waals surface area contributed by atoms with E-state index in [1.807, 2.05) is 81.4 Å². The van der Waals surface area contributed by atoms with Crippen molar-refractivity contribution < 1.29 is 35.9 Å². The molecule has 2 amide bonds. The molecule has 242 valence electrons. The second kappa shape index (κ2) is 14.1. The number of carbonyl (C=O) groups is 2. The maximum Gasteiger partial charge on any atom is 0.416 e. The first-order valence-electron chi connectivity index (χ1n) is 14.4. The van der Waals surface area contributed by atoms with Crippen molar-refractivity contribution in [2.24, 2.45) is 5.41 Å². The molecule has 0 saturated carbocycles. The Morgan fingerprint density at radius 2 is 1.09 bits per heavy atom. The Labute approximate surface area is 265 Å². The van der Waals surface area contributed by atoms with E-state index in [9.17, 15) is 35.9 Å². The summed E-state index contributed by atoms with van der Waals surface area (Å²) in [5, 5.41) is 7.63. The van der Waals surface area contributed by atoms with Crippen LogP contribution >= 0.6 is 7.92 Å². The first kappa shape index (κ1) is 34.7. The SMILES string of the molecule is CC(C)(C)[C@@H](CP(c1ccccc1)c1ccccc1)NC(=O)[C@@H](NC(=O)c1cc(C(F)(F)F)cc(C(F)(F)F)c1)c1ccccc1. The lowest BCUT2D eigenvalue weighted by molar-refractivity contribution is -0.143. The molecule has 0 radical (unpaired) electrons. The van der Waals surface area contributed by atoms with Gasteiger partial charge in [-0.25, -0.2) is 0 Å². The van der Waals surface area contributed by atoms with Gasteiger partial charge in [0.15, 0.2) is 0 Å². The Balaban J connectivity index is 1.68. The highest BCUT2D eigenvalue weighted by Crippen LogP contribution is 2.39. The van der Waals surface area contributed by atoms with Crippen LogP contribution < -0.4 is 21.2 Å². The highest BCUT2D eigenvalue weighted by atomic mass is 31.1. The molecule has 46 heavy (non-hydrogen) atoms. The van der Waals surface area contributed by atoms with Crippen LogP contribution in [0.15, 0.2) is 109 Å². The minimum atomic E-state index is -5.14. The molecule has 4 aromatic rings. The average Bonchev–Trinajstić information content (AvgIpc) is 3.01. The molecule has 0 aliphatic heterocycles. The molecule has 11 heteroatoms. The van der Waals surface area contributed by atoms with E-state index >= 15 is 0 Å². The van der Waals surface area contributed by atoms with E-state index in [0.717, 1.165) is 10.6 Å². The summed E-state index contributed by atoms with van der Waals surface area (Å²) < 4.78 is 81.0. The number of hydrogen-bond acceptors (Lipinski definition) is 2. The van der Waals surface area contributed by atoms with Gasteiger partial charge in [-0.15, -0.1) is 0 Å². The van der Waals surface area contributed by atoms with Gasteiger partial charge in [-0.2, -0.15) is 26.3 Å². The predicted molar refractivity (Wildman–Crippen MR) is 168 cm³/mol. The molecule has 2 N–H and O–H groups in total. The van der Waals surface area contributed by atoms with E-state index in [1.54, 1.807) is 30.3 Å². The van der Waals surface area contributed by atoms with Crippen LogP contribution in [0, 0.1) is 5.41 Å². The fourth-order valence-corrected chi connectivity index (χ4v) is 7.58. The number of alkyl halides is 6. The maximum atomic E-state index is 14.0. The minimum absolute atomic E-state index is 0.0518. The number of halogens is 6. The molecular weight excluding hydrogens is 625 g/mol. The summed E-state index contributed by atoms with van der Waals surface area (Å²) in [4.78, 5) is 27.3. The molecule has 4 rings (SSSR count). The maximum absolute atomic E-state index is 14.0. The number of amides is 2. The Kier molecular flexibility index (Phi) is 10.6. The summed E-state index contributed by atoms with van der Waals surface area (Å²) in [5.41, 5.74) is -4.31. The lowest BCUT2D eigenvalue weighted by Crippen LogP contribution is -2.51. The van der Waals surface area contributed by atoms with Crippen molar-refractivity contribution in [2.45, 2.75) is 45.2 Å². The molecule has 0 fully saturated rings. The number of nitrogens with one attached hydrogen (secondary N) is 2. The highest BCUT2D eigenvalue weighted by molar-refractivity contribution is 7.73. The molecular formula is C35H33F6N2O2P. The van der Waals surface area contributed by atoms with Crippen LogP contribution in [0.1, 0.15) is 53.9 Å². The lowest BCUT2D eigenvalue weighted by atomic mass is 9.87. The third-order valence-corrected chi connectivity index (χ3v) is 9.96. The van der Waals surface area contributed by atoms with Crippen LogP contribution in [0.2, 0.25) is 0 Å². The zero-order valence-corrected chi connectivity index (χ0v) is 26.2. The third-order valence-electron chi connectivity index (χ3n) is 7.38. The van der Waals surface area contributed by atoms with E-state index in [0.29, 0.717) is 23.9 Å². The molecule has 0 saturated heterocycles. The third kappa shape index (κ3) is 8.97. The van der Waals surface area contributed by atoms with E-state index in [2.05, 4.69) is 10.6 Å². The van der Waals surface area contributed by atoms with Gasteiger partial charge in [0.2, 0.25) is 5.91 Å². The number of carbonyl (C=O) groups excluding carboxylic acids is 2. The number of benzene rings is 4. The van der Waals surface area contributed by atoms with E-state index in [-0.39, 0.29) is 6.07 Å². The molecule has 0 unspecified atom stereocenters. The second-order valence-electron chi connectivity index (χ2n) is 11.8. The topological polar surface area (TPSA) is 58.2 Å². The fourth-order valence-electron chi connectivity index (χ4n) is 4.80. The van der Waals surface area contributed by atoms with Gasteiger partial charge in [0.05, 0.1) is 11.1 Å². The molecule has 2 atom stereocenters. The molecule has 0 bridgehead atoms. The zero-order valence-electron chi connectivity index (χ0n) is 25.3. The quantitative estimate of drug-likeness (QED) is 0.142. The monoisotopic (exact) mass is 658 g/mol. The van der Waals surface area contributed by atoms with Crippen LogP contribution in [0.4, 0.5) is 26.3 Å². The summed E-state index contributed by atoms with van der Waals surface area (Å²) in [6.07, 6.45) is -9.75. The first-order chi connectivity index (χ1) is 21.5. The van der Waals surface area contributed by atoms with E-state index in [4.69, 9.17) is 0 Å². The van der Waals surface area contributed by atoms with Crippen molar-refractivity contribution in [3.05, 3.63) is 131 Å². The van der Waals surface area contributed by atoms with Gasteiger partial charge in [-0.05, 0) is 53.9 Å². The molecule has 0 spiro atoms. The summed E-state index contributed by atoms with van der Waals surface area (Å²) in [6.45, 7) is 5.87. The Bertz CT molecular complexity index is 1550. The van der Waals surface area contributed by atoms with Crippen molar-refractivity contribution in [1.29, 1.82) is 0 Å². The average molecular weight is 659 g/mol. The normalized spacial score (nSPS) is 13.6. The van der Waals surface area contributed by atoms with Crippen LogP contribution in [0.25, 0.3) is 0 Å². The lowest BCUT2D eigenvalue weighted by Gasteiger charge is -2.36. The van der Waals surface area contributed by atoms with Crippen molar-refractivity contribution in [2.75, 3.05) is 6.16 Å². The molecule has 0 heterocycles. The largest absolute Gasteiger partial charge is 0.416 e. The van der Waals surface area contributed by atoms with Gasteiger partial charge < -0.3 is 10.6 Å². The van der Waals surface area contributed by atoms with Crippen LogP contribution in [-0.4, -0.2) is 24.0 Å². The van der Waals surface area contributed by atoms with Crippen molar-refractivity contribution in [3.63, 3.8) is 0 Å². The Morgan fingerprint density at radius 1 is 0.652 bits per heavy atom. The minimum Gasteiger partial charge on any atom is -0.350 e. The van der Waals surface area contributed by atoms with Crippen molar-refractivity contribution in [3.8, 4) is 0 Å². The highest BCUT2D eigenvalue weighted by Gasteiger charge is 2.38. The smallest absolute Gasteiger partial charge is 0.350 e. The number of rotatable bonds is 9. The van der Waals surface area contributed by atoms with Gasteiger partial charge in [-0.3, -0.25) is 9.59 Å². The molecule has 4 nitrogen and oxygen atoms in total. The summed E-state index contributed by atoms with van der Waals surface area (Å²) >= 11 is 0. The van der Waals surface area contributed by atoms with Crippen molar-refractivity contribution >= 4 is 30.3 Å². The number of hydrogen-bond donors (Lipinski definition) is 2. The van der Waals surface area contributed by atoms with Gasteiger partial charge in [0.1, 0.15) is 6.04 Å². The van der Waals surface area contributed by atoms with Crippen LogP contribution in [0.5, 0.6) is 0 Å². The summed E-state index contributed by atoms with van der Waals surface area (Å²) in [6, 6.07) is 26.5. The fraction of sp³-hybridized carbons (Fsp3) is 0.257. The predicted octanol–water partition coefficient (Wildman–Crippen LogP) is 7.86.